The Morgan fingerprint density at radius 2 is 1.90 bits per heavy atom. The minimum atomic E-state index is -0.613. The van der Waals surface area contributed by atoms with Gasteiger partial charge in [0.15, 0.2) is 0 Å². The first-order valence-electron chi connectivity index (χ1n) is 7.39. The molecule has 1 aliphatic rings. The number of carbonyl (C=O) groups is 2. The lowest BCUT2D eigenvalue weighted by Crippen LogP contribution is -2.38. The number of likely N-dealkylation sites (tertiary alicyclic amines) is 1. The minimum absolute atomic E-state index is 0.0347. The maximum atomic E-state index is 12.5. The molecule has 0 spiro atoms. The summed E-state index contributed by atoms with van der Waals surface area (Å²) in [5.41, 5.74) is 0. The smallest absolute Gasteiger partial charge is 0.378 e. The Hall–Kier alpha value is -1.99. The highest BCUT2D eigenvalue weighted by Crippen LogP contribution is 2.16. The van der Waals surface area contributed by atoms with Crippen LogP contribution < -0.4 is 0 Å². The predicted octanol–water partition coefficient (Wildman–Crippen LogP) is 0.813. The van der Waals surface area contributed by atoms with E-state index < -0.39 is 12.0 Å². The van der Waals surface area contributed by atoms with E-state index in [1.807, 2.05) is 4.90 Å². The second-order valence-electron chi connectivity index (χ2n) is 5.08. The predicted molar refractivity (Wildman–Crippen MR) is 73.5 cm³/mol. The summed E-state index contributed by atoms with van der Waals surface area (Å²) in [6.07, 6.45) is 4.33. The fraction of sp³-hybridized carbons (Fsp3) is 0.769. The van der Waals surface area contributed by atoms with Gasteiger partial charge >= 0.3 is 5.97 Å². The van der Waals surface area contributed by atoms with E-state index >= 15 is 0 Å². The molecule has 1 amide bonds. The van der Waals surface area contributed by atoms with Crippen molar-refractivity contribution < 1.29 is 14.3 Å². The van der Waals surface area contributed by atoms with Crippen LogP contribution in [-0.4, -0.2) is 56.7 Å². The summed E-state index contributed by atoms with van der Waals surface area (Å²) in [7, 11) is 0. The molecule has 116 valence electrons. The van der Waals surface area contributed by atoms with Crippen LogP contribution in [0.15, 0.2) is 0 Å². The van der Waals surface area contributed by atoms with Crippen LogP contribution in [-0.2, 0) is 9.53 Å². The molecular weight excluding hydrogens is 274 g/mol. The topological polar surface area (TPSA) is 90.2 Å². The van der Waals surface area contributed by atoms with E-state index in [2.05, 4.69) is 15.5 Å². The number of hydrogen-bond donors (Lipinski definition) is 0. The van der Waals surface area contributed by atoms with Crippen molar-refractivity contribution in [2.75, 3.05) is 19.7 Å². The molecular formula is C13H21N5O3. The Labute approximate surface area is 123 Å². The van der Waals surface area contributed by atoms with E-state index in [0.717, 1.165) is 38.8 Å². The van der Waals surface area contributed by atoms with Gasteiger partial charge < -0.3 is 9.64 Å². The van der Waals surface area contributed by atoms with Gasteiger partial charge in [-0.05, 0) is 37.1 Å². The van der Waals surface area contributed by atoms with Gasteiger partial charge in [-0.25, -0.2) is 9.48 Å². The average molecular weight is 295 g/mol. The van der Waals surface area contributed by atoms with Crippen molar-refractivity contribution in [1.82, 2.24) is 25.1 Å². The standard InChI is InChI=1S/C13H21N5O3/c1-3-21-13(20)11-14-15-16-18(11)10(2)12(19)17-8-6-4-5-7-9-17/h10H,3-9H2,1-2H3. The fourth-order valence-corrected chi connectivity index (χ4v) is 2.44. The highest BCUT2D eigenvalue weighted by molar-refractivity contribution is 5.87. The van der Waals surface area contributed by atoms with Crippen LogP contribution in [0.1, 0.15) is 56.2 Å². The second-order valence-corrected chi connectivity index (χ2v) is 5.08. The Kier molecular flexibility index (Phi) is 5.24. The molecule has 21 heavy (non-hydrogen) atoms. The van der Waals surface area contributed by atoms with Crippen molar-refractivity contribution >= 4 is 11.9 Å². The number of tetrazole rings is 1. The van der Waals surface area contributed by atoms with Crippen LogP contribution >= 0.6 is 0 Å². The van der Waals surface area contributed by atoms with E-state index in [1.54, 1.807) is 13.8 Å². The number of aromatic nitrogens is 4. The number of rotatable bonds is 4. The van der Waals surface area contributed by atoms with Crippen LogP contribution in [0.2, 0.25) is 0 Å². The van der Waals surface area contributed by atoms with Gasteiger partial charge in [-0.2, -0.15) is 0 Å². The first kappa shape index (κ1) is 15.4. The average Bonchev–Trinajstić information content (AvgIpc) is 2.81. The summed E-state index contributed by atoms with van der Waals surface area (Å²) in [6.45, 7) is 5.14. The number of nitrogens with zero attached hydrogens (tertiary/aromatic N) is 5. The third-order valence-corrected chi connectivity index (χ3v) is 3.59. The lowest BCUT2D eigenvalue weighted by molar-refractivity contribution is -0.134. The molecule has 1 aromatic rings. The summed E-state index contributed by atoms with van der Waals surface area (Å²) >= 11 is 0. The monoisotopic (exact) mass is 295 g/mol. The zero-order chi connectivity index (χ0) is 15.2. The Balaban J connectivity index is 2.12. The summed E-state index contributed by atoms with van der Waals surface area (Å²) in [5.74, 6) is -0.708. The van der Waals surface area contributed by atoms with Gasteiger partial charge in [0.25, 0.3) is 5.82 Å². The lowest BCUT2D eigenvalue weighted by Gasteiger charge is -2.24. The van der Waals surface area contributed by atoms with Crippen LogP contribution in [0.5, 0.6) is 0 Å². The summed E-state index contributed by atoms with van der Waals surface area (Å²) < 4.78 is 6.14. The molecule has 0 radical (unpaired) electrons. The SMILES string of the molecule is CCOC(=O)c1nnnn1C(C)C(=O)N1CCCCCC1. The molecule has 1 unspecified atom stereocenters. The van der Waals surface area contributed by atoms with Crippen LogP contribution in [0.4, 0.5) is 0 Å². The minimum Gasteiger partial charge on any atom is -0.460 e. The largest absolute Gasteiger partial charge is 0.460 e. The summed E-state index contributed by atoms with van der Waals surface area (Å²) in [4.78, 5) is 26.1. The zero-order valence-corrected chi connectivity index (χ0v) is 12.5. The number of amides is 1. The zero-order valence-electron chi connectivity index (χ0n) is 12.5. The van der Waals surface area contributed by atoms with Gasteiger partial charge in [-0.1, -0.05) is 12.8 Å². The van der Waals surface area contributed by atoms with Crippen molar-refractivity contribution in [3.05, 3.63) is 5.82 Å². The molecule has 2 rings (SSSR count). The molecule has 0 saturated carbocycles. The van der Waals surface area contributed by atoms with Gasteiger partial charge in [0.2, 0.25) is 5.91 Å². The Bertz CT molecular complexity index is 494. The van der Waals surface area contributed by atoms with Crippen molar-refractivity contribution in [2.45, 2.75) is 45.6 Å². The van der Waals surface area contributed by atoms with Gasteiger partial charge in [-0.3, -0.25) is 4.79 Å². The lowest BCUT2D eigenvalue weighted by atomic mass is 10.2. The number of esters is 1. The van der Waals surface area contributed by atoms with E-state index in [-0.39, 0.29) is 18.3 Å². The van der Waals surface area contributed by atoms with Gasteiger partial charge in [0.1, 0.15) is 6.04 Å². The number of ether oxygens (including phenoxy) is 1. The molecule has 1 saturated heterocycles. The molecule has 8 heteroatoms. The van der Waals surface area contributed by atoms with Crippen molar-refractivity contribution in [3.8, 4) is 0 Å². The summed E-state index contributed by atoms with van der Waals surface area (Å²) in [5, 5.41) is 10.9. The third kappa shape index (κ3) is 3.56. The highest BCUT2D eigenvalue weighted by Gasteiger charge is 2.28. The molecule has 0 N–H and O–H groups in total. The molecule has 0 aliphatic carbocycles. The molecule has 1 aromatic heterocycles. The first-order valence-corrected chi connectivity index (χ1v) is 7.39. The second kappa shape index (κ2) is 7.14. The van der Waals surface area contributed by atoms with E-state index in [4.69, 9.17) is 4.74 Å². The maximum absolute atomic E-state index is 12.5. The number of hydrogen-bond acceptors (Lipinski definition) is 6. The molecule has 1 fully saturated rings. The molecule has 2 heterocycles. The molecule has 0 bridgehead atoms. The number of carbonyl (C=O) groups excluding carboxylic acids is 2. The van der Waals surface area contributed by atoms with Crippen LogP contribution in [0.25, 0.3) is 0 Å². The maximum Gasteiger partial charge on any atom is 0.378 e. The van der Waals surface area contributed by atoms with Gasteiger partial charge in [0, 0.05) is 13.1 Å². The first-order chi connectivity index (χ1) is 10.1. The van der Waals surface area contributed by atoms with E-state index in [1.165, 1.54) is 4.68 Å². The highest BCUT2D eigenvalue weighted by atomic mass is 16.5. The molecule has 0 aromatic carbocycles. The third-order valence-electron chi connectivity index (χ3n) is 3.59. The van der Waals surface area contributed by atoms with Crippen molar-refractivity contribution in [3.63, 3.8) is 0 Å². The quantitative estimate of drug-likeness (QED) is 0.764. The van der Waals surface area contributed by atoms with Crippen LogP contribution in [0, 0.1) is 0 Å². The molecule has 1 atom stereocenters. The van der Waals surface area contributed by atoms with E-state index in [0.29, 0.717) is 0 Å². The van der Waals surface area contributed by atoms with Crippen LogP contribution in [0.3, 0.4) is 0 Å². The Morgan fingerprint density at radius 1 is 1.24 bits per heavy atom. The fourth-order valence-electron chi connectivity index (χ4n) is 2.44. The molecule has 8 nitrogen and oxygen atoms in total. The van der Waals surface area contributed by atoms with Crippen molar-refractivity contribution in [2.24, 2.45) is 0 Å². The van der Waals surface area contributed by atoms with E-state index in [9.17, 15) is 9.59 Å². The Morgan fingerprint density at radius 3 is 2.52 bits per heavy atom. The summed E-state index contributed by atoms with van der Waals surface area (Å²) in [6, 6.07) is -0.613. The van der Waals surface area contributed by atoms with Crippen molar-refractivity contribution in [1.29, 1.82) is 0 Å². The van der Waals surface area contributed by atoms with Gasteiger partial charge in [0.05, 0.1) is 6.61 Å². The van der Waals surface area contributed by atoms with Gasteiger partial charge in [-0.15, -0.1) is 5.10 Å². The molecule has 1 aliphatic heterocycles. The normalized spacial score (nSPS) is 17.1.